The Morgan fingerprint density at radius 3 is 2.77 bits per heavy atom. The summed E-state index contributed by atoms with van der Waals surface area (Å²) in [5, 5.41) is 0. The number of carbonyl (C=O) groups excluding carboxylic acids is 2. The van der Waals surface area contributed by atoms with Crippen LogP contribution in [0, 0.1) is 29.1 Å². The molecule has 4 rings (SSSR count). The molecule has 4 aliphatic rings. The van der Waals surface area contributed by atoms with Crippen LogP contribution >= 0.6 is 0 Å². The number of allylic oxidation sites excluding steroid dienone is 2. The van der Waals surface area contributed by atoms with Gasteiger partial charge in [0.1, 0.15) is 5.78 Å². The third-order valence-corrected chi connectivity index (χ3v) is 7.29. The van der Waals surface area contributed by atoms with Crippen molar-refractivity contribution in [1.29, 1.82) is 0 Å². The van der Waals surface area contributed by atoms with E-state index in [2.05, 4.69) is 13.5 Å². The van der Waals surface area contributed by atoms with Crippen molar-refractivity contribution in [3.8, 4) is 0 Å². The molecule has 0 aromatic heterocycles. The van der Waals surface area contributed by atoms with Crippen LogP contribution in [0.25, 0.3) is 0 Å². The first kappa shape index (κ1) is 14.4. The average Bonchev–Trinajstić information content (AvgIpc) is 2.84. The van der Waals surface area contributed by atoms with Gasteiger partial charge in [0.25, 0.3) is 0 Å². The summed E-state index contributed by atoms with van der Waals surface area (Å²) in [5.41, 5.74) is 2.60. The predicted octanol–water partition coefficient (Wildman–Crippen LogP) is 4.25. The van der Waals surface area contributed by atoms with Gasteiger partial charge in [-0.3, -0.25) is 9.59 Å². The average molecular weight is 298 g/mol. The molecule has 0 aromatic carbocycles. The van der Waals surface area contributed by atoms with E-state index in [-0.39, 0.29) is 5.41 Å². The van der Waals surface area contributed by atoms with E-state index in [9.17, 15) is 9.59 Å². The maximum absolute atomic E-state index is 12.6. The lowest BCUT2D eigenvalue weighted by molar-refractivity contribution is -0.130. The number of ketones is 2. The van der Waals surface area contributed by atoms with Crippen LogP contribution < -0.4 is 0 Å². The summed E-state index contributed by atoms with van der Waals surface area (Å²) >= 11 is 0. The number of fused-ring (bicyclic) bond motifs is 5. The summed E-state index contributed by atoms with van der Waals surface area (Å²) in [6.45, 7) is 6.62. The maximum atomic E-state index is 12.6. The van der Waals surface area contributed by atoms with E-state index in [0.29, 0.717) is 41.7 Å². The van der Waals surface area contributed by atoms with Crippen LogP contribution in [0.2, 0.25) is 0 Å². The lowest BCUT2D eigenvalue weighted by Crippen LogP contribution is -2.48. The van der Waals surface area contributed by atoms with Crippen molar-refractivity contribution in [3.63, 3.8) is 0 Å². The van der Waals surface area contributed by atoms with E-state index in [1.165, 1.54) is 11.1 Å². The van der Waals surface area contributed by atoms with Gasteiger partial charge in [0.05, 0.1) is 0 Å². The minimum atomic E-state index is -0.0933. The summed E-state index contributed by atoms with van der Waals surface area (Å²) in [4.78, 5) is 24.3. The van der Waals surface area contributed by atoms with Crippen LogP contribution in [0.4, 0.5) is 0 Å². The van der Waals surface area contributed by atoms with Crippen molar-refractivity contribution >= 4 is 11.6 Å². The van der Waals surface area contributed by atoms with E-state index in [4.69, 9.17) is 0 Å². The molecule has 2 heteroatoms. The number of hydrogen-bond acceptors (Lipinski definition) is 2. The Morgan fingerprint density at radius 1 is 1.18 bits per heavy atom. The molecule has 4 aliphatic carbocycles. The molecule has 0 N–H and O–H groups in total. The normalized spacial score (nSPS) is 44.2. The zero-order valence-electron chi connectivity index (χ0n) is 13.6. The number of Topliss-reactive ketones (excluding diaryl/α,β-unsaturated/α-hetero) is 1. The standard InChI is InChI=1S/C20H26O2/c1-3-20-11-12(2)19-15-7-5-14(21)10-13(15)4-6-16(19)17(20)8-9-18(20)22/h10,15-17,19H,2-9,11H2,1H3/t15-,16-,17-,19+,20-/m0/s1. The molecule has 118 valence electrons. The van der Waals surface area contributed by atoms with Crippen LogP contribution in [0.15, 0.2) is 23.8 Å². The molecule has 0 saturated heterocycles. The fraction of sp³-hybridized carbons (Fsp3) is 0.700. The molecule has 0 heterocycles. The van der Waals surface area contributed by atoms with Gasteiger partial charge in [-0.1, -0.05) is 24.6 Å². The van der Waals surface area contributed by atoms with Gasteiger partial charge in [0.2, 0.25) is 0 Å². The van der Waals surface area contributed by atoms with Crippen molar-refractivity contribution in [2.75, 3.05) is 0 Å². The largest absolute Gasteiger partial charge is 0.299 e. The highest BCUT2D eigenvalue weighted by Gasteiger charge is 2.58. The SMILES string of the molecule is C=C1C[C@]2(CC)C(=O)CC[C@H]2[C@@H]2CCC3=CC(=O)CC[C@@H]3[C@@H]12. The van der Waals surface area contributed by atoms with E-state index < -0.39 is 0 Å². The topological polar surface area (TPSA) is 34.1 Å². The monoisotopic (exact) mass is 298 g/mol. The van der Waals surface area contributed by atoms with Crippen LogP contribution in [0.5, 0.6) is 0 Å². The summed E-state index contributed by atoms with van der Waals surface area (Å²) in [5.74, 6) is 3.07. The van der Waals surface area contributed by atoms with E-state index >= 15 is 0 Å². The molecule has 3 fully saturated rings. The van der Waals surface area contributed by atoms with Crippen LogP contribution in [0.3, 0.4) is 0 Å². The lowest BCUT2D eigenvalue weighted by atomic mass is 9.50. The molecule has 3 saturated carbocycles. The third kappa shape index (κ3) is 1.79. The smallest absolute Gasteiger partial charge is 0.155 e. The van der Waals surface area contributed by atoms with Gasteiger partial charge in [-0.05, 0) is 68.3 Å². The van der Waals surface area contributed by atoms with Crippen molar-refractivity contribution in [1.82, 2.24) is 0 Å². The lowest BCUT2D eigenvalue weighted by Gasteiger charge is -2.53. The Labute approximate surface area is 133 Å². The second kappa shape index (κ2) is 4.91. The van der Waals surface area contributed by atoms with Gasteiger partial charge in [-0.25, -0.2) is 0 Å². The van der Waals surface area contributed by atoms with Gasteiger partial charge in [0.15, 0.2) is 5.78 Å². The van der Waals surface area contributed by atoms with Crippen LogP contribution in [0.1, 0.15) is 58.3 Å². The Hall–Kier alpha value is -1.18. The van der Waals surface area contributed by atoms with Gasteiger partial charge < -0.3 is 0 Å². The molecule has 0 unspecified atom stereocenters. The predicted molar refractivity (Wildman–Crippen MR) is 86.2 cm³/mol. The van der Waals surface area contributed by atoms with E-state index in [1.807, 2.05) is 6.08 Å². The maximum Gasteiger partial charge on any atom is 0.155 e. The summed E-state index contributed by atoms with van der Waals surface area (Å²) in [6.07, 6.45) is 9.61. The van der Waals surface area contributed by atoms with Crippen molar-refractivity contribution in [3.05, 3.63) is 23.8 Å². The first-order chi connectivity index (χ1) is 10.6. The molecule has 0 aliphatic heterocycles. The molecule has 0 bridgehead atoms. The van der Waals surface area contributed by atoms with E-state index in [1.54, 1.807) is 0 Å². The van der Waals surface area contributed by atoms with Crippen molar-refractivity contribution in [2.24, 2.45) is 29.1 Å². The molecule has 0 spiro atoms. The van der Waals surface area contributed by atoms with Gasteiger partial charge >= 0.3 is 0 Å². The zero-order chi connectivity index (χ0) is 15.5. The molecule has 0 radical (unpaired) electrons. The number of carbonyl (C=O) groups is 2. The molecule has 0 aromatic rings. The highest BCUT2D eigenvalue weighted by molar-refractivity contribution is 5.91. The minimum Gasteiger partial charge on any atom is -0.299 e. The number of hydrogen-bond donors (Lipinski definition) is 0. The van der Waals surface area contributed by atoms with Crippen LogP contribution in [-0.4, -0.2) is 11.6 Å². The molecule has 2 nitrogen and oxygen atoms in total. The molecule has 5 atom stereocenters. The Balaban J connectivity index is 1.72. The molecular weight excluding hydrogens is 272 g/mol. The minimum absolute atomic E-state index is 0.0933. The van der Waals surface area contributed by atoms with Gasteiger partial charge in [-0.15, -0.1) is 0 Å². The Kier molecular flexibility index (Phi) is 3.22. The Bertz CT molecular complexity index is 585. The first-order valence-corrected chi connectivity index (χ1v) is 9.01. The fourth-order valence-corrected chi connectivity index (χ4v) is 6.37. The summed E-state index contributed by atoms with van der Waals surface area (Å²) in [6, 6.07) is 0. The van der Waals surface area contributed by atoms with E-state index in [0.717, 1.165) is 44.9 Å². The fourth-order valence-electron chi connectivity index (χ4n) is 6.37. The molecule has 0 amide bonds. The van der Waals surface area contributed by atoms with Gasteiger partial charge in [0, 0.05) is 18.3 Å². The highest BCUT2D eigenvalue weighted by Crippen LogP contribution is 2.63. The molecular formula is C20H26O2. The summed E-state index contributed by atoms with van der Waals surface area (Å²) < 4.78 is 0. The van der Waals surface area contributed by atoms with Gasteiger partial charge in [-0.2, -0.15) is 0 Å². The Morgan fingerprint density at radius 2 is 2.00 bits per heavy atom. The van der Waals surface area contributed by atoms with Crippen molar-refractivity contribution in [2.45, 2.75) is 58.3 Å². The summed E-state index contributed by atoms with van der Waals surface area (Å²) in [7, 11) is 0. The highest BCUT2D eigenvalue weighted by atomic mass is 16.1. The quantitative estimate of drug-likeness (QED) is 0.678. The zero-order valence-corrected chi connectivity index (χ0v) is 13.6. The van der Waals surface area contributed by atoms with Crippen molar-refractivity contribution < 1.29 is 9.59 Å². The molecule has 22 heavy (non-hydrogen) atoms. The second-order valence-corrected chi connectivity index (χ2v) is 7.97. The number of rotatable bonds is 1. The first-order valence-electron chi connectivity index (χ1n) is 9.01. The third-order valence-electron chi connectivity index (χ3n) is 7.29. The second-order valence-electron chi connectivity index (χ2n) is 7.97. The van der Waals surface area contributed by atoms with Crippen LogP contribution in [-0.2, 0) is 9.59 Å².